The SMILES string of the molecule is [B]c1ccc(C(=C(c2ccccc2)c2ccccc2)c2ccc([B])cc2)cc1. The second-order valence-corrected chi connectivity index (χ2v) is 6.73. The van der Waals surface area contributed by atoms with E-state index in [1.165, 1.54) is 5.57 Å². The summed E-state index contributed by atoms with van der Waals surface area (Å²) in [6.07, 6.45) is 0. The Kier molecular flexibility index (Phi) is 5.30. The van der Waals surface area contributed by atoms with E-state index >= 15 is 0 Å². The summed E-state index contributed by atoms with van der Waals surface area (Å²) in [5, 5.41) is 0. The van der Waals surface area contributed by atoms with E-state index in [-0.39, 0.29) is 0 Å². The molecule has 0 saturated carbocycles. The van der Waals surface area contributed by atoms with Gasteiger partial charge in [-0.3, -0.25) is 0 Å². The largest absolute Gasteiger partial charge is 0.113 e. The zero-order valence-corrected chi connectivity index (χ0v) is 15.5. The van der Waals surface area contributed by atoms with Crippen LogP contribution < -0.4 is 10.9 Å². The fourth-order valence-corrected chi connectivity index (χ4v) is 3.42. The number of hydrogen-bond donors (Lipinski definition) is 0. The molecule has 0 aliphatic heterocycles. The molecule has 0 aliphatic rings. The van der Waals surface area contributed by atoms with E-state index < -0.39 is 0 Å². The third kappa shape index (κ3) is 3.87. The Morgan fingerprint density at radius 3 is 0.964 bits per heavy atom. The second-order valence-electron chi connectivity index (χ2n) is 6.73. The average molecular weight is 352 g/mol. The van der Waals surface area contributed by atoms with Crippen LogP contribution in [-0.2, 0) is 0 Å². The summed E-state index contributed by atoms with van der Waals surface area (Å²) < 4.78 is 0. The van der Waals surface area contributed by atoms with Crippen LogP contribution in [0.5, 0.6) is 0 Å². The fraction of sp³-hybridized carbons (Fsp3) is 0. The Hall–Kier alpha value is -3.25. The van der Waals surface area contributed by atoms with Gasteiger partial charge in [0.15, 0.2) is 0 Å². The highest BCUT2D eigenvalue weighted by Crippen LogP contribution is 2.36. The maximum absolute atomic E-state index is 5.95. The first-order chi connectivity index (χ1) is 13.7. The van der Waals surface area contributed by atoms with Gasteiger partial charge in [-0.15, -0.1) is 0 Å². The molecule has 4 aromatic rings. The molecule has 0 atom stereocenters. The predicted molar refractivity (Wildman–Crippen MR) is 122 cm³/mol. The predicted octanol–water partition coefficient (Wildman–Crippen LogP) is 4.28. The van der Waals surface area contributed by atoms with E-state index in [0.717, 1.165) is 38.8 Å². The van der Waals surface area contributed by atoms with E-state index in [2.05, 4.69) is 72.8 Å². The summed E-state index contributed by atoms with van der Waals surface area (Å²) >= 11 is 0. The minimum atomic E-state index is 0.751. The van der Waals surface area contributed by atoms with Crippen molar-refractivity contribution in [3.63, 3.8) is 0 Å². The number of benzene rings is 4. The first kappa shape index (κ1) is 18.1. The van der Waals surface area contributed by atoms with Crippen LogP contribution in [0.2, 0.25) is 0 Å². The van der Waals surface area contributed by atoms with Crippen LogP contribution in [0, 0.1) is 0 Å². The normalized spacial score (nSPS) is 10.4. The van der Waals surface area contributed by atoms with Crippen molar-refractivity contribution in [1.29, 1.82) is 0 Å². The summed E-state index contributed by atoms with van der Waals surface area (Å²) in [4.78, 5) is 0. The first-order valence-electron chi connectivity index (χ1n) is 9.29. The maximum atomic E-state index is 5.95. The fourth-order valence-electron chi connectivity index (χ4n) is 3.42. The van der Waals surface area contributed by atoms with Crippen LogP contribution in [-0.4, -0.2) is 15.7 Å². The van der Waals surface area contributed by atoms with Crippen molar-refractivity contribution in [1.82, 2.24) is 0 Å². The average Bonchev–Trinajstić information content (AvgIpc) is 2.75. The molecule has 0 spiro atoms. The minimum absolute atomic E-state index is 0.751. The summed E-state index contributed by atoms with van der Waals surface area (Å²) in [5.41, 5.74) is 8.38. The summed E-state index contributed by atoms with van der Waals surface area (Å²) in [5.74, 6) is 0. The molecular formula is C26H18B2. The van der Waals surface area contributed by atoms with Gasteiger partial charge >= 0.3 is 0 Å². The van der Waals surface area contributed by atoms with Crippen LogP contribution in [0.1, 0.15) is 22.3 Å². The van der Waals surface area contributed by atoms with Crippen molar-refractivity contribution >= 4 is 37.8 Å². The van der Waals surface area contributed by atoms with Crippen molar-refractivity contribution in [2.45, 2.75) is 0 Å². The highest BCUT2D eigenvalue weighted by Gasteiger charge is 2.15. The molecule has 0 unspecified atom stereocenters. The highest BCUT2D eigenvalue weighted by atomic mass is 14.2. The van der Waals surface area contributed by atoms with Gasteiger partial charge in [0, 0.05) is 0 Å². The lowest BCUT2D eigenvalue weighted by molar-refractivity contribution is 1.51. The first-order valence-corrected chi connectivity index (χ1v) is 9.29. The Morgan fingerprint density at radius 2 is 0.643 bits per heavy atom. The van der Waals surface area contributed by atoms with Gasteiger partial charge in [0.2, 0.25) is 0 Å². The molecule has 0 heterocycles. The van der Waals surface area contributed by atoms with Gasteiger partial charge in [-0.1, -0.05) is 120 Å². The molecule has 4 rings (SSSR count). The van der Waals surface area contributed by atoms with Crippen molar-refractivity contribution < 1.29 is 0 Å². The van der Waals surface area contributed by atoms with Crippen LogP contribution in [0.15, 0.2) is 109 Å². The molecule has 0 bridgehead atoms. The Morgan fingerprint density at radius 1 is 0.357 bits per heavy atom. The van der Waals surface area contributed by atoms with E-state index in [4.69, 9.17) is 15.7 Å². The number of rotatable bonds is 4. The Bertz CT molecular complexity index is 990. The van der Waals surface area contributed by atoms with Gasteiger partial charge in [-0.2, -0.15) is 0 Å². The van der Waals surface area contributed by atoms with Gasteiger partial charge in [0.1, 0.15) is 15.7 Å². The third-order valence-electron chi connectivity index (χ3n) is 4.77. The van der Waals surface area contributed by atoms with E-state index in [1.54, 1.807) is 0 Å². The van der Waals surface area contributed by atoms with Crippen molar-refractivity contribution in [2.24, 2.45) is 0 Å². The summed E-state index contributed by atoms with van der Waals surface area (Å²) in [6.45, 7) is 0. The van der Waals surface area contributed by atoms with Crippen LogP contribution >= 0.6 is 0 Å². The monoisotopic (exact) mass is 352 g/mol. The van der Waals surface area contributed by atoms with Gasteiger partial charge in [-0.05, 0) is 33.4 Å². The Balaban J connectivity index is 2.08. The second kappa shape index (κ2) is 8.19. The molecule has 0 fully saturated rings. The van der Waals surface area contributed by atoms with Gasteiger partial charge in [-0.25, -0.2) is 0 Å². The maximum Gasteiger partial charge on any atom is 0.113 e. The van der Waals surface area contributed by atoms with E-state index in [9.17, 15) is 0 Å². The molecular weight excluding hydrogens is 334 g/mol. The van der Waals surface area contributed by atoms with Crippen LogP contribution in [0.4, 0.5) is 0 Å². The summed E-state index contributed by atoms with van der Waals surface area (Å²) in [7, 11) is 11.9. The highest BCUT2D eigenvalue weighted by molar-refractivity contribution is 6.32. The lowest BCUT2D eigenvalue weighted by Crippen LogP contribution is -2.04. The molecule has 0 aliphatic carbocycles. The number of hydrogen-bond acceptors (Lipinski definition) is 0. The molecule has 4 radical (unpaired) electrons. The standard InChI is InChI=1S/C26H18B2/c27-23-15-11-21(12-16-23)26(22-13-17-24(28)18-14-22)25(19-7-3-1-4-8-19)20-9-5-2-6-10-20/h1-18H. The molecule has 0 nitrogen and oxygen atoms in total. The van der Waals surface area contributed by atoms with Crippen LogP contribution in [0.3, 0.4) is 0 Å². The molecule has 4 aromatic carbocycles. The molecule has 28 heavy (non-hydrogen) atoms. The molecule has 2 heteroatoms. The zero-order valence-electron chi connectivity index (χ0n) is 15.5. The molecule has 0 N–H and O–H groups in total. The van der Waals surface area contributed by atoms with Gasteiger partial charge in [0.25, 0.3) is 0 Å². The van der Waals surface area contributed by atoms with Gasteiger partial charge < -0.3 is 0 Å². The van der Waals surface area contributed by atoms with E-state index in [1.807, 2.05) is 36.4 Å². The summed E-state index contributed by atoms with van der Waals surface area (Å²) in [6, 6.07) is 37.0. The topological polar surface area (TPSA) is 0 Å². The zero-order chi connectivity index (χ0) is 19.3. The molecule has 0 amide bonds. The lowest BCUT2D eigenvalue weighted by atomic mass is 9.83. The van der Waals surface area contributed by atoms with Crippen molar-refractivity contribution in [3.8, 4) is 0 Å². The van der Waals surface area contributed by atoms with Crippen molar-refractivity contribution in [3.05, 3.63) is 131 Å². The van der Waals surface area contributed by atoms with Crippen LogP contribution in [0.25, 0.3) is 11.1 Å². The molecule has 0 saturated heterocycles. The molecule has 0 aromatic heterocycles. The minimum Gasteiger partial charge on any atom is -0.0966 e. The smallest absolute Gasteiger partial charge is 0.0966 e. The van der Waals surface area contributed by atoms with Gasteiger partial charge in [0.05, 0.1) is 0 Å². The van der Waals surface area contributed by atoms with E-state index in [0.29, 0.717) is 0 Å². The lowest BCUT2D eigenvalue weighted by Gasteiger charge is -2.18. The van der Waals surface area contributed by atoms with Crippen molar-refractivity contribution in [2.75, 3.05) is 0 Å². The molecule has 128 valence electrons. The Labute approximate surface area is 169 Å². The third-order valence-corrected chi connectivity index (χ3v) is 4.77. The quantitative estimate of drug-likeness (QED) is 0.380.